The van der Waals surface area contributed by atoms with E-state index in [1.165, 1.54) is 0 Å². The average Bonchev–Trinajstić information content (AvgIpc) is 2.65. The van der Waals surface area contributed by atoms with Gasteiger partial charge in [0.05, 0.1) is 5.56 Å². The van der Waals surface area contributed by atoms with Gasteiger partial charge >= 0.3 is 0 Å². The molecule has 1 atom stereocenters. The summed E-state index contributed by atoms with van der Waals surface area (Å²) >= 11 is 0. The Morgan fingerprint density at radius 3 is 2.94 bits per heavy atom. The summed E-state index contributed by atoms with van der Waals surface area (Å²) in [7, 11) is 0. The van der Waals surface area contributed by atoms with Gasteiger partial charge in [0.25, 0.3) is 5.89 Å². The molecule has 5 nitrogen and oxygen atoms in total. The third-order valence-corrected chi connectivity index (χ3v) is 2.09. The highest BCUT2D eigenvalue weighted by Crippen LogP contribution is 2.17. The second-order valence-corrected chi connectivity index (χ2v) is 3.95. The Balaban J connectivity index is 2.24. The van der Waals surface area contributed by atoms with Crippen LogP contribution < -0.4 is 5.73 Å². The van der Waals surface area contributed by atoms with Crippen molar-refractivity contribution in [2.24, 2.45) is 5.73 Å². The normalized spacial score (nSPS) is 12.7. The van der Waals surface area contributed by atoms with E-state index in [2.05, 4.69) is 15.1 Å². The highest BCUT2D eigenvalue weighted by atomic mass is 16.5. The van der Waals surface area contributed by atoms with Crippen molar-refractivity contribution in [3.8, 4) is 11.5 Å². The van der Waals surface area contributed by atoms with E-state index in [9.17, 15) is 0 Å². The first-order valence-electron chi connectivity index (χ1n) is 5.15. The topological polar surface area (TPSA) is 77.8 Å². The second-order valence-electron chi connectivity index (χ2n) is 3.95. The Kier molecular flexibility index (Phi) is 2.96. The molecule has 0 radical (unpaired) electrons. The van der Waals surface area contributed by atoms with Crippen molar-refractivity contribution in [2.45, 2.75) is 26.3 Å². The van der Waals surface area contributed by atoms with Crippen molar-refractivity contribution in [3.63, 3.8) is 0 Å². The number of hydrogen-bond acceptors (Lipinski definition) is 5. The van der Waals surface area contributed by atoms with Crippen molar-refractivity contribution >= 4 is 0 Å². The summed E-state index contributed by atoms with van der Waals surface area (Å²) in [6, 6.07) is 1.98. The molecule has 84 valence electrons. The Labute approximate surface area is 93.7 Å². The number of aromatic nitrogens is 3. The first kappa shape index (κ1) is 10.8. The predicted molar refractivity (Wildman–Crippen MR) is 59.6 cm³/mol. The molecule has 16 heavy (non-hydrogen) atoms. The average molecular weight is 218 g/mol. The Hall–Kier alpha value is -1.75. The van der Waals surface area contributed by atoms with Gasteiger partial charge in [-0.05, 0) is 25.5 Å². The number of aryl methyl sites for hydroxylation is 1. The lowest BCUT2D eigenvalue weighted by Gasteiger charge is -1.97. The van der Waals surface area contributed by atoms with Crippen LogP contribution in [0.1, 0.15) is 18.3 Å². The molecule has 0 bridgehead atoms. The number of hydrogen-bond donors (Lipinski definition) is 1. The molecular formula is C11H14N4O. The van der Waals surface area contributed by atoms with Gasteiger partial charge in [0.15, 0.2) is 5.82 Å². The lowest BCUT2D eigenvalue weighted by molar-refractivity contribution is 0.420. The number of pyridine rings is 1. The fourth-order valence-electron chi connectivity index (χ4n) is 1.41. The van der Waals surface area contributed by atoms with E-state index in [1.54, 1.807) is 12.4 Å². The molecule has 0 amide bonds. The van der Waals surface area contributed by atoms with Crippen LogP contribution in [-0.2, 0) is 6.42 Å². The van der Waals surface area contributed by atoms with Crippen molar-refractivity contribution in [1.29, 1.82) is 0 Å². The summed E-state index contributed by atoms with van der Waals surface area (Å²) in [6.45, 7) is 3.87. The van der Waals surface area contributed by atoms with Gasteiger partial charge in [0.2, 0.25) is 0 Å². The summed E-state index contributed by atoms with van der Waals surface area (Å²) in [5.74, 6) is 1.12. The van der Waals surface area contributed by atoms with Gasteiger partial charge < -0.3 is 10.3 Å². The van der Waals surface area contributed by atoms with E-state index in [0.29, 0.717) is 18.1 Å². The molecule has 0 saturated carbocycles. The quantitative estimate of drug-likeness (QED) is 0.840. The van der Waals surface area contributed by atoms with Crippen LogP contribution in [-0.4, -0.2) is 21.2 Å². The Morgan fingerprint density at radius 2 is 2.25 bits per heavy atom. The minimum atomic E-state index is 0.0288. The predicted octanol–water partition coefficient (Wildman–Crippen LogP) is 1.33. The van der Waals surface area contributed by atoms with Crippen molar-refractivity contribution in [1.82, 2.24) is 15.1 Å². The van der Waals surface area contributed by atoms with Gasteiger partial charge in [-0.15, -0.1) is 0 Å². The van der Waals surface area contributed by atoms with E-state index in [1.807, 2.05) is 19.9 Å². The fraction of sp³-hybridized carbons (Fsp3) is 0.364. The van der Waals surface area contributed by atoms with Gasteiger partial charge in [-0.25, -0.2) is 0 Å². The van der Waals surface area contributed by atoms with Crippen molar-refractivity contribution in [2.75, 3.05) is 0 Å². The van der Waals surface area contributed by atoms with Gasteiger partial charge in [-0.1, -0.05) is 5.16 Å². The molecule has 0 aliphatic heterocycles. The first-order chi connectivity index (χ1) is 7.65. The number of rotatable bonds is 3. The van der Waals surface area contributed by atoms with Gasteiger partial charge in [0.1, 0.15) is 0 Å². The fourth-order valence-corrected chi connectivity index (χ4v) is 1.41. The lowest BCUT2D eigenvalue weighted by Crippen LogP contribution is -2.18. The van der Waals surface area contributed by atoms with E-state index < -0.39 is 0 Å². The molecule has 2 aromatic heterocycles. The molecule has 2 N–H and O–H groups in total. The van der Waals surface area contributed by atoms with Crippen LogP contribution in [0.15, 0.2) is 23.0 Å². The van der Waals surface area contributed by atoms with E-state index >= 15 is 0 Å². The van der Waals surface area contributed by atoms with Crippen LogP contribution in [0.4, 0.5) is 0 Å². The summed E-state index contributed by atoms with van der Waals surface area (Å²) in [6.07, 6.45) is 4.10. The maximum absolute atomic E-state index is 5.66. The third-order valence-electron chi connectivity index (χ3n) is 2.09. The summed E-state index contributed by atoms with van der Waals surface area (Å²) in [5, 5.41) is 3.87. The molecule has 0 saturated heterocycles. The monoisotopic (exact) mass is 218 g/mol. The molecule has 2 rings (SSSR count). The Bertz CT molecular complexity index is 478. The van der Waals surface area contributed by atoms with Gasteiger partial charge in [0, 0.05) is 24.9 Å². The standard InChI is InChI=1S/C11H14N4O/c1-7-3-9(6-13-5-7)11-14-10(15-16-11)4-8(2)12/h3,5-6,8H,4,12H2,1-2H3. The lowest BCUT2D eigenvalue weighted by atomic mass is 10.2. The molecule has 2 heterocycles. The van der Waals surface area contributed by atoms with Crippen molar-refractivity contribution < 1.29 is 4.52 Å². The molecule has 2 aromatic rings. The number of nitrogens with two attached hydrogens (primary N) is 1. The largest absolute Gasteiger partial charge is 0.334 e. The smallest absolute Gasteiger partial charge is 0.259 e. The van der Waals surface area contributed by atoms with Crippen LogP contribution in [0.25, 0.3) is 11.5 Å². The summed E-state index contributed by atoms with van der Waals surface area (Å²) in [5.41, 5.74) is 7.56. The van der Waals surface area contributed by atoms with Crippen molar-refractivity contribution in [3.05, 3.63) is 29.8 Å². The first-order valence-corrected chi connectivity index (χ1v) is 5.15. The minimum Gasteiger partial charge on any atom is -0.334 e. The maximum atomic E-state index is 5.66. The molecule has 0 aliphatic carbocycles. The maximum Gasteiger partial charge on any atom is 0.259 e. The molecule has 0 aliphatic rings. The zero-order chi connectivity index (χ0) is 11.5. The highest BCUT2D eigenvalue weighted by molar-refractivity contribution is 5.51. The van der Waals surface area contributed by atoms with Crippen LogP contribution in [0.2, 0.25) is 0 Å². The molecule has 0 fully saturated rings. The van der Waals surface area contributed by atoms with E-state index in [0.717, 1.165) is 11.1 Å². The minimum absolute atomic E-state index is 0.0288. The highest BCUT2D eigenvalue weighted by Gasteiger charge is 2.10. The molecule has 5 heteroatoms. The zero-order valence-corrected chi connectivity index (χ0v) is 9.34. The Morgan fingerprint density at radius 1 is 1.44 bits per heavy atom. The van der Waals surface area contributed by atoms with Crippen LogP contribution in [0.3, 0.4) is 0 Å². The van der Waals surface area contributed by atoms with E-state index in [-0.39, 0.29) is 6.04 Å². The van der Waals surface area contributed by atoms with Crippen LogP contribution in [0.5, 0.6) is 0 Å². The molecular weight excluding hydrogens is 204 g/mol. The molecule has 0 aromatic carbocycles. The second kappa shape index (κ2) is 4.40. The summed E-state index contributed by atoms with van der Waals surface area (Å²) < 4.78 is 5.15. The van der Waals surface area contributed by atoms with Gasteiger partial charge in [-0.2, -0.15) is 4.98 Å². The number of nitrogens with zero attached hydrogens (tertiary/aromatic N) is 3. The van der Waals surface area contributed by atoms with Gasteiger partial charge in [-0.3, -0.25) is 4.98 Å². The van der Waals surface area contributed by atoms with Crippen LogP contribution in [0, 0.1) is 6.92 Å². The third kappa shape index (κ3) is 2.43. The molecule has 1 unspecified atom stereocenters. The zero-order valence-electron chi connectivity index (χ0n) is 9.34. The SMILES string of the molecule is Cc1cncc(-c2nc(CC(C)N)no2)c1. The van der Waals surface area contributed by atoms with Crippen LogP contribution >= 0.6 is 0 Å². The molecule has 0 spiro atoms. The van der Waals surface area contributed by atoms with E-state index in [4.69, 9.17) is 10.3 Å². The summed E-state index contributed by atoms with van der Waals surface area (Å²) in [4.78, 5) is 8.34.